The zero-order valence-electron chi connectivity index (χ0n) is 15.1. The fraction of sp³-hybridized carbons (Fsp3) is 0.316. The van der Waals surface area contributed by atoms with Crippen LogP contribution in [0.4, 0.5) is 11.5 Å². The largest absolute Gasteiger partial charge is 0.365 e. The first-order valence-electron chi connectivity index (χ1n) is 8.18. The van der Waals surface area contributed by atoms with Crippen molar-refractivity contribution in [3.8, 4) is 11.3 Å². The number of hydrogen-bond donors (Lipinski definition) is 1. The first-order valence-corrected chi connectivity index (χ1v) is 8.18. The molecule has 0 unspecified atom stereocenters. The summed E-state index contributed by atoms with van der Waals surface area (Å²) in [4.78, 5) is 15.5. The number of nitrogens with one attached hydrogen (secondary N) is 1. The van der Waals surface area contributed by atoms with Crippen molar-refractivity contribution < 1.29 is 4.92 Å². The molecular formula is C19H22N4O2. The van der Waals surface area contributed by atoms with E-state index in [1.165, 1.54) is 6.07 Å². The SMILES string of the molecule is Cc1cc(C)n2c(NC(C)(C)C)c(-c3cccc([N+](=O)[O-])c3)nc2c1. The van der Waals surface area contributed by atoms with E-state index in [1.54, 1.807) is 12.1 Å². The fourth-order valence-electron chi connectivity index (χ4n) is 2.97. The number of rotatable bonds is 3. The molecule has 0 aliphatic carbocycles. The van der Waals surface area contributed by atoms with Crippen molar-refractivity contribution in [1.29, 1.82) is 0 Å². The first-order chi connectivity index (χ1) is 11.7. The van der Waals surface area contributed by atoms with Crippen LogP contribution in [0.2, 0.25) is 0 Å². The van der Waals surface area contributed by atoms with Crippen LogP contribution in [0.15, 0.2) is 36.4 Å². The van der Waals surface area contributed by atoms with E-state index in [0.717, 1.165) is 28.3 Å². The number of nitrogens with zero attached hydrogens (tertiary/aromatic N) is 3. The van der Waals surface area contributed by atoms with Gasteiger partial charge in [0.05, 0.1) is 4.92 Å². The summed E-state index contributed by atoms with van der Waals surface area (Å²) in [7, 11) is 0. The number of pyridine rings is 1. The van der Waals surface area contributed by atoms with Gasteiger partial charge < -0.3 is 5.32 Å². The van der Waals surface area contributed by atoms with E-state index in [2.05, 4.69) is 36.6 Å². The molecular weight excluding hydrogens is 316 g/mol. The van der Waals surface area contributed by atoms with E-state index in [0.29, 0.717) is 5.69 Å². The summed E-state index contributed by atoms with van der Waals surface area (Å²) in [5.41, 5.74) is 4.33. The van der Waals surface area contributed by atoms with Gasteiger partial charge in [-0.1, -0.05) is 12.1 Å². The number of aromatic nitrogens is 2. The number of fused-ring (bicyclic) bond motifs is 1. The number of non-ortho nitro benzene ring substituents is 1. The quantitative estimate of drug-likeness (QED) is 0.553. The molecule has 0 aliphatic heterocycles. The van der Waals surface area contributed by atoms with E-state index in [1.807, 2.05) is 26.0 Å². The minimum absolute atomic E-state index is 0.0594. The minimum Gasteiger partial charge on any atom is -0.365 e. The lowest BCUT2D eigenvalue weighted by molar-refractivity contribution is -0.384. The average Bonchev–Trinajstić information content (AvgIpc) is 2.84. The van der Waals surface area contributed by atoms with Crippen LogP contribution in [0.5, 0.6) is 0 Å². The van der Waals surface area contributed by atoms with Crippen LogP contribution < -0.4 is 5.32 Å². The molecule has 1 aromatic carbocycles. The van der Waals surface area contributed by atoms with Crippen molar-refractivity contribution in [1.82, 2.24) is 9.38 Å². The monoisotopic (exact) mass is 338 g/mol. The summed E-state index contributed by atoms with van der Waals surface area (Å²) in [5.74, 6) is 0.848. The second kappa shape index (κ2) is 5.88. The lowest BCUT2D eigenvalue weighted by Crippen LogP contribution is -2.27. The van der Waals surface area contributed by atoms with Gasteiger partial charge in [0.1, 0.15) is 17.2 Å². The van der Waals surface area contributed by atoms with Crippen LogP contribution in [0.1, 0.15) is 32.0 Å². The highest BCUT2D eigenvalue weighted by molar-refractivity contribution is 5.78. The summed E-state index contributed by atoms with van der Waals surface area (Å²) in [6, 6.07) is 10.7. The van der Waals surface area contributed by atoms with Crippen LogP contribution in [0.25, 0.3) is 16.9 Å². The Labute approximate surface area is 146 Å². The fourth-order valence-corrected chi connectivity index (χ4v) is 2.97. The molecule has 25 heavy (non-hydrogen) atoms. The molecule has 1 N–H and O–H groups in total. The van der Waals surface area contributed by atoms with Crippen molar-refractivity contribution in [3.05, 3.63) is 57.8 Å². The van der Waals surface area contributed by atoms with Crippen molar-refractivity contribution in [2.24, 2.45) is 0 Å². The number of hydrogen-bond acceptors (Lipinski definition) is 4. The standard InChI is InChI=1S/C19H22N4O2/c1-12-9-13(2)22-16(10-12)20-17(18(22)21-19(3,4)5)14-7-6-8-15(11-14)23(24)25/h6-11,21H,1-5H3. The van der Waals surface area contributed by atoms with Crippen LogP contribution in [-0.4, -0.2) is 19.8 Å². The molecule has 0 atom stereocenters. The van der Waals surface area contributed by atoms with Gasteiger partial charge in [0.2, 0.25) is 0 Å². The van der Waals surface area contributed by atoms with Gasteiger partial charge in [-0.2, -0.15) is 0 Å². The van der Waals surface area contributed by atoms with E-state index in [-0.39, 0.29) is 16.1 Å². The summed E-state index contributed by atoms with van der Waals surface area (Å²) >= 11 is 0. The Bertz CT molecular complexity index is 967. The molecule has 0 saturated heterocycles. The Morgan fingerprint density at radius 3 is 2.52 bits per heavy atom. The molecule has 0 bridgehead atoms. The van der Waals surface area contributed by atoms with Crippen LogP contribution in [-0.2, 0) is 0 Å². The van der Waals surface area contributed by atoms with Crippen LogP contribution >= 0.6 is 0 Å². The number of nitro benzene ring substituents is 1. The average molecular weight is 338 g/mol. The minimum atomic E-state index is -0.383. The van der Waals surface area contributed by atoms with Crippen molar-refractivity contribution in [2.45, 2.75) is 40.2 Å². The second-order valence-electron chi connectivity index (χ2n) is 7.36. The Morgan fingerprint density at radius 1 is 1.16 bits per heavy atom. The number of imidazole rings is 1. The molecule has 6 heteroatoms. The number of aryl methyl sites for hydroxylation is 2. The Balaban J connectivity index is 2.30. The molecule has 3 rings (SSSR count). The zero-order chi connectivity index (χ0) is 18.4. The lowest BCUT2D eigenvalue weighted by Gasteiger charge is -2.23. The summed E-state index contributed by atoms with van der Waals surface area (Å²) in [5, 5.41) is 14.6. The third-order valence-electron chi connectivity index (χ3n) is 3.87. The van der Waals surface area contributed by atoms with Crippen molar-refractivity contribution >= 4 is 17.2 Å². The van der Waals surface area contributed by atoms with Crippen LogP contribution in [0, 0.1) is 24.0 Å². The van der Waals surface area contributed by atoms with E-state index < -0.39 is 0 Å². The van der Waals surface area contributed by atoms with Crippen molar-refractivity contribution in [3.63, 3.8) is 0 Å². The number of anilines is 1. The maximum atomic E-state index is 11.1. The summed E-state index contributed by atoms with van der Waals surface area (Å²) in [6.45, 7) is 10.3. The maximum absolute atomic E-state index is 11.1. The second-order valence-corrected chi connectivity index (χ2v) is 7.36. The Kier molecular flexibility index (Phi) is 3.99. The maximum Gasteiger partial charge on any atom is 0.270 e. The first kappa shape index (κ1) is 17.0. The topological polar surface area (TPSA) is 72.5 Å². The van der Waals surface area contributed by atoms with Crippen molar-refractivity contribution in [2.75, 3.05) is 5.32 Å². The molecule has 130 valence electrons. The van der Waals surface area contributed by atoms with Gasteiger partial charge in [-0.25, -0.2) is 4.98 Å². The molecule has 0 saturated carbocycles. The third-order valence-corrected chi connectivity index (χ3v) is 3.87. The molecule has 0 aliphatic rings. The van der Waals surface area contributed by atoms with Crippen LogP contribution in [0.3, 0.4) is 0 Å². The highest BCUT2D eigenvalue weighted by Crippen LogP contribution is 2.33. The van der Waals surface area contributed by atoms with Gasteiger partial charge in [-0.3, -0.25) is 14.5 Å². The highest BCUT2D eigenvalue weighted by atomic mass is 16.6. The predicted molar refractivity (Wildman–Crippen MR) is 100 cm³/mol. The van der Waals surface area contributed by atoms with Gasteiger partial charge >= 0.3 is 0 Å². The number of benzene rings is 1. The molecule has 0 amide bonds. The third kappa shape index (κ3) is 3.33. The molecule has 3 aromatic rings. The molecule has 0 radical (unpaired) electrons. The Morgan fingerprint density at radius 2 is 1.88 bits per heavy atom. The predicted octanol–water partition coefficient (Wildman–Crippen LogP) is 4.74. The zero-order valence-corrected chi connectivity index (χ0v) is 15.1. The van der Waals surface area contributed by atoms with Gasteiger partial charge in [-0.05, 0) is 52.3 Å². The molecule has 6 nitrogen and oxygen atoms in total. The van der Waals surface area contributed by atoms with E-state index >= 15 is 0 Å². The Hall–Kier alpha value is -2.89. The molecule has 2 heterocycles. The number of nitro groups is 1. The van der Waals surface area contributed by atoms with Gasteiger partial charge in [0.15, 0.2) is 0 Å². The highest BCUT2D eigenvalue weighted by Gasteiger charge is 2.21. The van der Waals surface area contributed by atoms with Gasteiger partial charge in [-0.15, -0.1) is 0 Å². The van der Waals surface area contributed by atoms with E-state index in [9.17, 15) is 10.1 Å². The summed E-state index contributed by atoms with van der Waals surface area (Å²) < 4.78 is 2.06. The molecule has 0 spiro atoms. The lowest BCUT2D eigenvalue weighted by atomic mass is 10.1. The molecule has 0 fully saturated rings. The summed E-state index contributed by atoms with van der Waals surface area (Å²) in [6.07, 6.45) is 0. The molecule has 2 aromatic heterocycles. The van der Waals surface area contributed by atoms with Gasteiger partial charge in [0, 0.05) is 28.9 Å². The van der Waals surface area contributed by atoms with Gasteiger partial charge in [0.25, 0.3) is 5.69 Å². The normalized spacial score (nSPS) is 11.7. The smallest absolute Gasteiger partial charge is 0.270 e. The van der Waals surface area contributed by atoms with E-state index in [4.69, 9.17) is 4.98 Å².